The summed E-state index contributed by atoms with van der Waals surface area (Å²) in [5, 5.41) is 17.4. The van der Waals surface area contributed by atoms with E-state index in [0.717, 1.165) is 27.8 Å². The highest BCUT2D eigenvalue weighted by Crippen LogP contribution is 2.34. The Kier molecular flexibility index (Phi) is 2.94. The Morgan fingerprint density at radius 3 is 2.61 bits per heavy atom. The molecule has 0 aliphatic carbocycles. The normalized spacial score (nSPS) is 11.0. The molecule has 1 aromatic carbocycles. The number of aromatic amines is 1. The molecule has 0 aliphatic rings. The molecule has 4 rings (SSSR count). The number of pyridine rings is 2. The van der Waals surface area contributed by atoms with E-state index in [9.17, 15) is 5.11 Å². The molecule has 0 amide bonds. The van der Waals surface area contributed by atoms with Gasteiger partial charge in [-0.25, -0.2) is 4.98 Å². The first-order chi connectivity index (χ1) is 11.2. The maximum atomic E-state index is 9.77. The molecule has 0 radical (unpaired) electrons. The van der Waals surface area contributed by atoms with Gasteiger partial charge >= 0.3 is 0 Å². The van der Waals surface area contributed by atoms with E-state index in [4.69, 9.17) is 5.73 Å². The van der Waals surface area contributed by atoms with E-state index in [1.54, 1.807) is 30.6 Å². The second kappa shape index (κ2) is 5.10. The average molecular weight is 303 g/mol. The fourth-order valence-corrected chi connectivity index (χ4v) is 2.63. The summed E-state index contributed by atoms with van der Waals surface area (Å²) in [4.78, 5) is 8.62. The van der Waals surface area contributed by atoms with E-state index < -0.39 is 0 Å². The first-order valence-corrected chi connectivity index (χ1v) is 7.07. The molecule has 0 bridgehead atoms. The number of nitrogens with two attached hydrogens (primary N) is 1. The second-order valence-corrected chi connectivity index (χ2v) is 5.17. The third kappa shape index (κ3) is 2.26. The van der Waals surface area contributed by atoms with Gasteiger partial charge in [0.25, 0.3) is 0 Å². The number of benzene rings is 1. The summed E-state index contributed by atoms with van der Waals surface area (Å²) in [5.74, 6) is 0.576. The summed E-state index contributed by atoms with van der Waals surface area (Å²) in [6, 6.07) is 12.7. The van der Waals surface area contributed by atoms with Crippen LogP contribution in [-0.4, -0.2) is 25.3 Å². The molecule has 0 saturated carbocycles. The van der Waals surface area contributed by atoms with Crippen molar-refractivity contribution < 1.29 is 5.11 Å². The van der Waals surface area contributed by atoms with Crippen LogP contribution in [0.2, 0.25) is 0 Å². The summed E-state index contributed by atoms with van der Waals surface area (Å²) >= 11 is 0. The predicted molar refractivity (Wildman–Crippen MR) is 88.6 cm³/mol. The van der Waals surface area contributed by atoms with Crippen molar-refractivity contribution in [2.45, 2.75) is 0 Å². The highest BCUT2D eigenvalue weighted by molar-refractivity contribution is 6.01. The number of phenols is 1. The summed E-state index contributed by atoms with van der Waals surface area (Å²) in [6.45, 7) is 0. The zero-order chi connectivity index (χ0) is 15.8. The van der Waals surface area contributed by atoms with Crippen LogP contribution in [0, 0.1) is 0 Å². The number of nitrogens with zero attached hydrogens (tertiary/aromatic N) is 3. The second-order valence-electron chi connectivity index (χ2n) is 5.17. The molecule has 112 valence electrons. The molecular weight excluding hydrogens is 290 g/mol. The van der Waals surface area contributed by atoms with Crippen molar-refractivity contribution in [2.24, 2.45) is 0 Å². The van der Waals surface area contributed by atoms with Crippen molar-refractivity contribution >= 4 is 16.9 Å². The molecule has 3 heterocycles. The Labute approximate surface area is 131 Å². The molecule has 0 fully saturated rings. The maximum Gasteiger partial charge on any atom is 0.158 e. The molecule has 6 nitrogen and oxygen atoms in total. The first kappa shape index (κ1) is 13.3. The minimum atomic E-state index is 0.194. The van der Waals surface area contributed by atoms with Crippen LogP contribution in [0.4, 0.5) is 5.82 Å². The number of phenolic OH excluding ortho intramolecular Hbond substituents is 1. The molecule has 0 aliphatic heterocycles. The number of hydrogen-bond acceptors (Lipinski definition) is 5. The number of fused-ring (bicyclic) bond motifs is 1. The Hall–Kier alpha value is -3.41. The van der Waals surface area contributed by atoms with Crippen LogP contribution in [0.1, 0.15) is 0 Å². The van der Waals surface area contributed by atoms with Gasteiger partial charge in [0.05, 0.1) is 11.1 Å². The lowest BCUT2D eigenvalue weighted by molar-refractivity contribution is 0.475. The van der Waals surface area contributed by atoms with Crippen LogP contribution in [0.5, 0.6) is 5.75 Å². The number of anilines is 1. The minimum absolute atomic E-state index is 0.194. The lowest BCUT2D eigenvalue weighted by atomic mass is 10.0. The monoisotopic (exact) mass is 303 g/mol. The number of nitrogen functional groups attached to an aromatic ring is 1. The van der Waals surface area contributed by atoms with Crippen LogP contribution in [0.15, 0.2) is 54.9 Å². The summed E-state index contributed by atoms with van der Waals surface area (Å²) in [6.07, 6.45) is 3.44. The molecule has 4 aromatic rings. The SMILES string of the molecule is Nc1n[nH]c2nc(-c3ccncc3)cc(-c3cccc(O)c3)c12. The molecule has 3 aromatic heterocycles. The van der Waals surface area contributed by atoms with Gasteiger partial charge in [-0.1, -0.05) is 12.1 Å². The standard InChI is InChI=1S/C17H13N5O/c18-16-15-13(11-2-1-3-12(23)8-11)9-14(20-17(15)22-21-16)10-4-6-19-7-5-10/h1-9,23H,(H3,18,20,21,22). The molecule has 0 unspecified atom stereocenters. The predicted octanol–water partition coefficient (Wildman–Crippen LogP) is 2.97. The van der Waals surface area contributed by atoms with Gasteiger partial charge in [0, 0.05) is 18.0 Å². The van der Waals surface area contributed by atoms with Crippen molar-refractivity contribution in [3.63, 3.8) is 0 Å². The zero-order valence-electron chi connectivity index (χ0n) is 12.1. The lowest BCUT2D eigenvalue weighted by Crippen LogP contribution is -1.91. The molecule has 0 atom stereocenters. The fourth-order valence-electron chi connectivity index (χ4n) is 2.63. The average Bonchev–Trinajstić information content (AvgIpc) is 2.96. The van der Waals surface area contributed by atoms with Gasteiger partial charge < -0.3 is 10.8 Å². The van der Waals surface area contributed by atoms with Crippen LogP contribution in [0.3, 0.4) is 0 Å². The topological polar surface area (TPSA) is 101 Å². The number of hydrogen-bond donors (Lipinski definition) is 3. The Morgan fingerprint density at radius 2 is 1.83 bits per heavy atom. The zero-order valence-corrected chi connectivity index (χ0v) is 12.1. The van der Waals surface area contributed by atoms with Crippen molar-refractivity contribution in [1.82, 2.24) is 20.2 Å². The lowest BCUT2D eigenvalue weighted by Gasteiger charge is -2.08. The van der Waals surface area contributed by atoms with Crippen molar-refractivity contribution in [2.75, 3.05) is 5.73 Å². The number of H-pyrrole nitrogens is 1. The van der Waals surface area contributed by atoms with Crippen molar-refractivity contribution in [3.05, 3.63) is 54.9 Å². The molecule has 0 spiro atoms. The number of nitrogens with one attached hydrogen (secondary N) is 1. The van der Waals surface area contributed by atoms with Gasteiger partial charge in [0.2, 0.25) is 0 Å². The molecule has 6 heteroatoms. The molecular formula is C17H13N5O. The van der Waals surface area contributed by atoms with Gasteiger partial charge in [-0.3, -0.25) is 10.1 Å². The maximum absolute atomic E-state index is 9.77. The first-order valence-electron chi connectivity index (χ1n) is 7.07. The highest BCUT2D eigenvalue weighted by atomic mass is 16.3. The number of aromatic nitrogens is 4. The van der Waals surface area contributed by atoms with Gasteiger partial charge in [0.1, 0.15) is 5.75 Å². The van der Waals surface area contributed by atoms with E-state index >= 15 is 0 Å². The number of rotatable bonds is 2. The third-order valence-electron chi connectivity index (χ3n) is 3.69. The molecule has 4 N–H and O–H groups in total. The molecule has 23 heavy (non-hydrogen) atoms. The largest absolute Gasteiger partial charge is 0.508 e. The van der Waals surface area contributed by atoms with E-state index in [0.29, 0.717) is 11.5 Å². The Morgan fingerprint density at radius 1 is 1.00 bits per heavy atom. The highest BCUT2D eigenvalue weighted by Gasteiger charge is 2.14. The smallest absolute Gasteiger partial charge is 0.158 e. The van der Waals surface area contributed by atoms with Crippen LogP contribution < -0.4 is 5.73 Å². The van der Waals surface area contributed by atoms with E-state index in [1.165, 1.54) is 0 Å². The molecule has 0 saturated heterocycles. The van der Waals surface area contributed by atoms with Crippen molar-refractivity contribution in [3.8, 4) is 28.1 Å². The third-order valence-corrected chi connectivity index (χ3v) is 3.69. The van der Waals surface area contributed by atoms with E-state index in [-0.39, 0.29) is 5.75 Å². The Balaban J connectivity index is 2.03. The van der Waals surface area contributed by atoms with Gasteiger partial charge in [-0.05, 0) is 41.5 Å². The van der Waals surface area contributed by atoms with E-state index in [2.05, 4.69) is 20.2 Å². The van der Waals surface area contributed by atoms with Crippen LogP contribution in [-0.2, 0) is 0 Å². The van der Waals surface area contributed by atoms with Gasteiger partial charge in [-0.2, -0.15) is 5.10 Å². The quantitative estimate of drug-likeness (QED) is 0.528. The number of aromatic hydroxyl groups is 1. The summed E-state index contributed by atoms with van der Waals surface area (Å²) in [5.41, 5.74) is 10.0. The summed E-state index contributed by atoms with van der Waals surface area (Å²) in [7, 11) is 0. The fraction of sp³-hybridized carbons (Fsp3) is 0. The van der Waals surface area contributed by atoms with Crippen molar-refractivity contribution in [1.29, 1.82) is 0 Å². The Bertz CT molecular complexity index is 994. The van der Waals surface area contributed by atoms with E-state index in [1.807, 2.05) is 24.3 Å². The van der Waals surface area contributed by atoms with Gasteiger partial charge in [0.15, 0.2) is 11.5 Å². The van der Waals surface area contributed by atoms with Gasteiger partial charge in [-0.15, -0.1) is 0 Å². The van der Waals surface area contributed by atoms with Crippen LogP contribution >= 0.6 is 0 Å². The summed E-state index contributed by atoms with van der Waals surface area (Å²) < 4.78 is 0. The van der Waals surface area contributed by atoms with Crippen LogP contribution in [0.25, 0.3) is 33.4 Å². The minimum Gasteiger partial charge on any atom is -0.508 e.